The van der Waals surface area contributed by atoms with Crippen molar-refractivity contribution in [2.45, 2.75) is 77.9 Å². The van der Waals surface area contributed by atoms with Crippen LogP contribution in [-0.4, -0.2) is 19.5 Å². The maximum atomic E-state index is 5.68. The van der Waals surface area contributed by atoms with Crippen LogP contribution in [0.15, 0.2) is 0 Å². The van der Waals surface area contributed by atoms with Crippen molar-refractivity contribution in [2.75, 3.05) is 13.2 Å². The highest BCUT2D eigenvalue weighted by atomic mass is 16.7. The van der Waals surface area contributed by atoms with E-state index in [0.717, 1.165) is 36.9 Å². The van der Waals surface area contributed by atoms with Crippen molar-refractivity contribution < 1.29 is 9.47 Å². The quantitative estimate of drug-likeness (QED) is 0.727. The molecule has 3 rings (SSSR count). The van der Waals surface area contributed by atoms with Gasteiger partial charge in [0.05, 0.1) is 13.2 Å². The first-order valence-corrected chi connectivity index (χ1v) is 9.44. The zero-order chi connectivity index (χ0) is 14.7. The summed E-state index contributed by atoms with van der Waals surface area (Å²) in [4.78, 5) is 0. The van der Waals surface area contributed by atoms with Gasteiger partial charge >= 0.3 is 0 Å². The van der Waals surface area contributed by atoms with Gasteiger partial charge < -0.3 is 9.47 Å². The van der Waals surface area contributed by atoms with Crippen molar-refractivity contribution in [1.29, 1.82) is 0 Å². The summed E-state index contributed by atoms with van der Waals surface area (Å²) in [5.74, 6) is 4.58. The van der Waals surface area contributed by atoms with Crippen LogP contribution in [0.25, 0.3) is 0 Å². The number of rotatable bonds is 3. The minimum atomic E-state index is 0.0197. The molecule has 0 aromatic rings. The third-order valence-corrected chi connectivity index (χ3v) is 6.45. The predicted molar refractivity (Wildman–Crippen MR) is 86.0 cm³/mol. The molecule has 0 amide bonds. The van der Waals surface area contributed by atoms with Crippen molar-refractivity contribution in [2.24, 2.45) is 29.6 Å². The lowest BCUT2D eigenvalue weighted by atomic mass is 9.71. The van der Waals surface area contributed by atoms with Gasteiger partial charge in [-0.2, -0.15) is 0 Å². The van der Waals surface area contributed by atoms with E-state index in [1.807, 2.05) is 6.92 Å². The summed E-state index contributed by atoms with van der Waals surface area (Å²) in [6, 6.07) is 0. The smallest absolute Gasteiger partial charge is 0.154 e. The fourth-order valence-corrected chi connectivity index (χ4v) is 4.82. The van der Waals surface area contributed by atoms with Gasteiger partial charge in [-0.05, 0) is 49.9 Å². The molecule has 0 spiro atoms. The van der Waals surface area contributed by atoms with Crippen LogP contribution in [0.4, 0.5) is 0 Å². The lowest BCUT2D eigenvalue weighted by Gasteiger charge is -2.38. The monoisotopic (exact) mass is 294 g/mol. The predicted octanol–water partition coefficient (Wildman–Crippen LogP) is 5.02. The molecule has 1 aliphatic heterocycles. The Labute approximate surface area is 131 Å². The first-order chi connectivity index (χ1) is 10.2. The Morgan fingerprint density at radius 1 is 0.667 bits per heavy atom. The van der Waals surface area contributed by atoms with Gasteiger partial charge in [0.25, 0.3) is 0 Å². The molecule has 0 radical (unpaired) electrons. The zero-order valence-electron chi connectivity index (χ0n) is 14.1. The normalized spacial score (nSPS) is 45.4. The maximum Gasteiger partial charge on any atom is 0.154 e. The van der Waals surface area contributed by atoms with Crippen LogP contribution < -0.4 is 0 Å². The lowest BCUT2D eigenvalue weighted by Crippen LogP contribution is -2.36. The van der Waals surface area contributed by atoms with Crippen LogP contribution in [0.5, 0.6) is 0 Å². The Morgan fingerprint density at radius 3 is 1.76 bits per heavy atom. The SMILES string of the molecule is CC1CCC(CC2CCC(C3COC(C)OC3)CC2)CC1. The van der Waals surface area contributed by atoms with Gasteiger partial charge in [-0.3, -0.25) is 0 Å². The molecule has 0 N–H and O–H groups in total. The molecule has 2 saturated carbocycles. The fraction of sp³-hybridized carbons (Fsp3) is 1.00. The van der Waals surface area contributed by atoms with E-state index >= 15 is 0 Å². The van der Waals surface area contributed by atoms with E-state index in [9.17, 15) is 0 Å². The van der Waals surface area contributed by atoms with Gasteiger partial charge in [0.2, 0.25) is 0 Å². The minimum Gasteiger partial charge on any atom is -0.353 e. The summed E-state index contributed by atoms with van der Waals surface area (Å²) in [7, 11) is 0. The molecule has 21 heavy (non-hydrogen) atoms. The van der Waals surface area contributed by atoms with E-state index in [0.29, 0.717) is 5.92 Å². The van der Waals surface area contributed by atoms with Crippen LogP contribution in [0.3, 0.4) is 0 Å². The summed E-state index contributed by atoms with van der Waals surface area (Å²) >= 11 is 0. The molecule has 0 aromatic heterocycles. The molecule has 122 valence electrons. The Bertz CT molecular complexity index is 293. The van der Waals surface area contributed by atoms with E-state index in [4.69, 9.17) is 9.47 Å². The average molecular weight is 294 g/mol. The molecular formula is C19H34O2. The van der Waals surface area contributed by atoms with E-state index in [2.05, 4.69) is 6.92 Å². The third kappa shape index (κ3) is 4.45. The van der Waals surface area contributed by atoms with Crippen molar-refractivity contribution in [3.05, 3.63) is 0 Å². The van der Waals surface area contributed by atoms with Gasteiger partial charge in [-0.25, -0.2) is 0 Å². The van der Waals surface area contributed by atoms with Crippen molar-refractivity contribution in [1.82, 2.24) is 0 Å². The summed E-state index contributed by atoms with van der Waals surface area (Å²) in [6.07, 6.45) is 13.3. The molecule has 3 fully saturated rings. The number of hydrogen-bond acceptors (Lipinski definition) is 2. The zero-order valence-corrected chi connectivity index (χ0v) is 14.1. The highest BCUT2D eigenvalue weighted by Gasteiger charge is 2.32. The van der Waals surface area contributed by atoms with Gasteiger partial charge in [-0.15, -0.1) is 0 Å². The number of hydrogen-bond donors (Lipinski definition) is 0. The molecule has 3 aliphatic rings. The Balaban J connectivity index is 1.37. The molecule has 2 nitrogen and oxygen atoms in total. The van der Waals surface area contributed by atoms with Crippen LogP contribution >= 0.6 is 0 Å². The molecule has 0 aromatic carbocycles. The van der Waals surface area contributed by atoms with E-state index in [1.54, 1.807) is 0 Å². The van der Waals surface area contributed by atoms with E-state index < -0.39 is 0 Å². The van der Waals surface area contributed by atoms with Gasteiger partial charge in [0.15, 0.2) is 6.29 Å². The second kappa shape index (κ2) is 7.46. The first-order valence-electron chi connectivity index (χ1n) is 9.44. The van der Waals surface area contributed by atoms with Crippen LogP contribution in [-0.2, 0) is 9.47 Å². The molecule has 0 atom stereocenters. The molecule has 0 bridgehead atoms. The molecule has 0 unspecified atom stereocenters. The molecule has 1 saturated heterocycles. The summed E-state index contributed by atoms with van der Waals surface area (Å²) in [5, 5.41) is 0. The van der Waals surface area contributed by atoms with Crippen LogP contribution in [0.2, 0.25) is 0 Å². The third-order valence-electron chi connectivity index (χ3n) is 6.45. The van der Waals surface area contributed by atoms with Crippen LogP contribution in [0, 0.1) is 29.6 Å². The largest absolute Gasteiger partial charge is 0.353 e. The maximum absolute atomic E-state index is 5.68. The van der Waals surface area contributed by atoms with Gasteiger partial charge in [0, 0.05) is 5.92 Å². The average Bonchev–Trinajstić information content (AvgIpc) is 2.51. The lowest BCUT2D eigenvalue weighted by molar-refractivity contribution is -0.200. The molecule has 2 heteroatoms. The highest BCUT2D eigenvalue weighted by molar-refractivity contribution is 4.81. The second-order valence-electron chi connectivity index (χ2n) is 8.14. The standard InChI is InChI=1S/C19H34O2/c1-14-3-5-16(6-4-14)11-17-7-9-18(10-8-17)19-12-20-15(2)21-13-19/h14-19H,3-13H2,1-2H3. The summed E-state index contributed by atoms with van der Waals surface area (Å²) < 4.78 is 11.4. The summed E-state index contributed by atoms with van der Waals surface area (Å²) in [6.45, 7) is 6.29. The summed E-state index contributed by atoms with van der Waals surface area (Å²) in [5.41, 5.74) is 0. The molecule has 1 heterocycles. The Hall–Kier alpha value is -0.0800. The fourth-order valence-electron chi connectivity index (χ4n) is 4.82. The van der Waals surface area contributed by atoms with Gasteiger partial charge in [-0.1, -0.05) is 45.4 Å². The van der Waals surface area contributed by atoms with E-state index in [1.165, 1.54) is 57.8 Å². The second-order valence-corrected chi connectivity index (χ2v) is 8.14. The van der Waals surface area contributed by atoms with Gasteiger partial charge in [0.1, 0.15) is 0 Å². The topological polar surface area (TPSA) is 18.5 Å². The first kappa shape index (κ1) is 15.8. The molecule has 2 aliphatic carbocycles. The minimum absolute atomic E-state index is 0.0197. The Kier molecular flexibility index (Phi) is 5.61. The Morgan fingerprint density at radius 2 is 1.19 bits per heavy atom. The highest BCUT2D eigenvalue weighted by Crippen LogP contribution is 2.40. The van der Waals surface area contributed by atoms with Crippen LogP contribution in [0.1, 0.15) is 71.6 Å². The van der Waals surface area contributed by atoms with Crippen molar-refractivity contribution in [3.63, 3.8) is 0 Å². The number of ether oxygens (including phenoxy) is 2. The van der Waals surface area contributed by atoms with Crippen molar-refractivity contribution >= 4 is 0 Å². The van der Waals surface area contributed by atoms with Crippen molar-refractivity contribution in [3.8, 4) is 0 Å². The molecular weight excluding hydrogens is 260 g/mol. The van der Waals surface area contributed by atoms with E-state index in [-0.39, 0.29) is 6.29 Å².